The zero-order chi connectivity index (χ0) is 26.0. The van der Waals surface area contributed by atoms with Crippen LogP contribution in [0.1, 0.15) is 44.4 Å². The van der Waals surface area contributed by atoms with Crippen molar-refractivity contribution in [2.24, 2.45) is 0 Å². The first kappa shape index (κ1) is 26.5. The average Bonchev–Trinajstić information content (AvgIpc) is 3.30. The summed E-state index contributed by atoms with van der Waals surface area (Å²) in [4.78, 5) is 7.78. The smallest absolute Gasteiger partial charge is 0.140 e. The maximum absolute atomic E-state index is 5.72. The second-order valence-corrected chi connectivity index (χ2v) is 9.36. The highest BCUT2D eigenvalue weighted by molar-refractivity contribution is 5.68. The number of rotatable bonds is 13. The van der Waals surface area contributed by atoms with Crippen LogP contribution in [0.3, 0.4) is 0 Å². The molecule has 5 heteroatoms. The summed E-state index contributed by atoms with van der Waals surface area (Å²) in [6.45, 7) is 7.95. The largest absolute Gasteiger partial charge is 0.497 e. The Hall–Kier alpha value is -3.57. The second-order valence-electron chi connectivity index (χ2n) is 9.36. The van der Waals surface area contributed by atoms with E-state index in [-0.39, 0.29) is 0 Å². The molecule has 0 unspecified atom stereocenters. The van der Waals surface area contributed by atoms with Crippen molar-refractivity contribution in [1.82, 2.24) is 14.5 Å². The van der Waals surface area contributed by atoms with Crippen LogP contribution < -0.4 is 9.47 Å². The van der Waals surface area contributed by atoms with Gasteiger partial charge in [-0.2, -0.15) is 0 Å². The molecule has 0 bridgehead atoms. The first-order valence-corrected chi connectivity index (χ1v) is 13.3. The minimum Gasteiger partial charge on any atom is -0.497 e. The summed E-state index contributed by atoms with van der Waals surface area (Å²) in [6, 6.07) is 27.2. The Bertz CT molecular complexity index is 1250. The molecule has 1 aromatic heterocycles. The Kier molecular flexibility index (Phi) is 9.39. The predicted octanol–water partition coefficient (Wildman–Crippen LogP) is 7.45. The van der Waals surface area contributed by atoms with Gasteiger partial charge in [0.15, 0.2) is 0 Å². The van der Waals surface area contributed by atoms with Crippen LogP contribution in [0.2, 0.25) is 0 Å². The Balaban J connectivity index is 1.80. The van der Waals surface area contributed by atoms with Gasteiger partial charge in [-0.25, -0.2) is 4.98 Å². The molecule has 0 aliphatic heterocycles. The van der Waals surface area contributed by atoms with E-state index in [1.165, 1.54) is 5.69 Å². The van der Waals surface area contributed by atoms with Crippen LogP contribution in [0.15, 0.2) is 78.9 Å². The Morgan fingerprint density at radius 1 is 0.784 bits per heavy atom. The summed E-state index contributed by atoms with van der Waals surface area (Å²) in [7, 11) is 3.44. The van der Waals surface area contributed by atoms with Crippen molar-refractivity contribution in [3.05, 3.63) is 90.1 Å². The van der Waals surface area contributed by atoms with E-state index in [2.05, 4.69) is 90.0 Å². The van der Waals surface area contributed by atoms with Gasteiger partial charge in [-0.1, -0.05) is 80.9 Å². The van der Waals surface area contributed by atoms with E-state index in [0.29, 0.717) is 0 Å². The van der Waals surface area contributed by atoms with E-state index in [1.54, 1.807) is 14.2 Å². The lowest BCUT2D eigenvalue weighted by Crippen LogP contribution is -2.26. The van der Waals surface area contributed by atoms with Gasteiger partial charge in [-0.15, -0.1) is 0 Å². The summed E-state index contributed by atoms with van der Waals surface area (Å²) in [5, 5.41) is 0. The van der Waals surface area contributed by atoms with E-state index >= 15 is 0 Å². The third kappa shape index (κ3) is 6.41. The maximum Gasteiger partial charge on any atom is 0.140 e. The lowest BCUT2D eigenvalue weighted by molar-refractivity contribution is 0.242. The SMILES string of the molecule is CCCCN(Cc1cc(OC)ccc1OC)Cc1c(-c2ccccc2)nc(-c2ccccc2)n1CCC. The van der Waals surface area contributed by atoms with Crippen LogP contribution in [-0.2, 0) is 19.6 Å². The molecular weight excluding hydrogens is 458 g/mol. The molecule has 37 heavy (non-hydrogen) atoms. The lowest BCUT2D eigenvalue weighted by atomic mass is 10.1. The number of nitrogens with zero attached hydrogens (tertiary/aromatic N) is 3. The van der Waals surface area contributed by atoms with E-state index in [1.807, 2.05) is 12.1 Å². The normalized spacial score (nSPS) is 11.2. The van der Waals surface area contributed by atoms with Crippen molar-refractivity contribution in [3.8, 4) is 34.1 Å². The molecule has 0 radical (unpaired) electrons. The number of methoxy groups -OCH3 is 2. The standard InChI is InChI=1S/C32H39N3O2/c1-5-7-21-34(23-27-22-28(36-3)18-19-30(27)37-4)24-29-31(25-14-10-8-11-15-25)33-32(35(29)20-6-2)26-16-12-9-13-17-26/h8-19,22H,5-7,20-21,23-24H2,1-4H3. The zero-order valence-corrected chi connectivity index (χ0v) is 22.6. The molecule has 0 atom stereocenters. The fraction of sp³-hybridized carbons (Fsp3) is 0.344. The summed E-state index contributed by atoms with van der Waals surface area (Å²) < 4.78 is 13.7. The highest BCUT2D eigenvalue weighted by Gasteiger charge is 2.22. The highest BCUT2D eigenvalue weighted by Crippen LogP contribution is 2.32. The quantitative estimate of drug-likeness (QED) is 0.192. The van der Waals surface area contributed by atoms with Crippen molar-refractivity contribution in [2.45, 2.75) is 52.7 Å². The number of ether oxygens (including phenoxy) is 2. The molecule has 0 fully saturated rings. The molecular formula is C32H39N3O2. The van der Waals surface area contributed by atoms with Gasteiger partial charge in [0.25, 0.3) is 0 Å². The fourth-order valence-electron chi connectivity index (χ4n) is 4.80. The third-order valence-electron chi connectivity index (χ3n) is 6.68. The van der Waals surface area contributed by atoms with Crippen molar-refractivity contribution in [1.29, 1.82) is 0 Å². The molecule has 5 nitrogen and oxygen atoms in total. The highest BCUT2D eigenvalue weighted by atomic mass is 16.5. The molecule has 1 heterocycles. The van der Waals surface area contributed by atoms with Crippen LogP contribution >= 0.6 is 0 Å². The van der Waals surface area contributed by atoms with E-state index in [0.717, 1.165) is 85.1 Å². The summed E-state index contributed by atoms with van der Waals surface area (Å²) in [5.74, 6) is 2.77. The first-order valence-electron chi connectivity index (χ1n) is 13.3. The first-order chi connectivity index (χ1) is 18.2. The van der Waals surface area contributed by atoms with Gasteiger partial charge in [-0.3, -0.25) is 4.90 Å². The van der Waals surface area contributed by atoms with Gasteiger partial charge < -0.3 is 14.0 Å². The average molecular weight is 498 g/mol. The van der Waals surface area contributed by atoms with Crippen molar-refractivity contribution < 1.29 is 9.47 Å². The van der Waals surface area contributed by atoms with E-state index in [4.69, 9.17) is 14.5 Å². The molecule has 0 aliphatic rings. The molecule has 4 rings (SSSR count). The van der Waals surface area contributed by atoms with Gasteiger partial charge in [0.05, 0.1) is 25.6 Å². The van der Waals surface area contributed by atoms with Gasteiger partial charge >= 0.3 is 0 Å². The fourth-order valence-corrected chi connectivity index (χ4v) is 4.80. The van der Waals surface area contributed by atoms with E-state index in [9.17, 15) is 0 Å². The number of hydrogen-bond acceptors (Lipinski definition) is 4. The molecule has 0 N–H and O–H groups in total. The number of benzene rings is 3. The van der Waals surface area contributed by atoms with Gasteiger partial charge in [0, 0.05) is 36.3 Å². The van der Waals surface area contributed by atoms with Crippen LogP contribution in [0.4, 0.5) is 0 Å². The Labute approximate surface area is 221 Å². The van der Waals surface area contributed by atoms with Crippen LogP contribution in [0, 0.1) is 0 Å². The van der Waals surface area contributed by atoms with Gasteiger partial charge in [0.2, 0.25) is 0 Å². The number of hydrogen-bond donors (Lipinski definition) is 0. The second kappa shape index (κ2) is 13.1. The lowest BCUT2D eigenvalue weighted by Gasteiger charge is -2.25. The number of imidazole rings is 1. The Morgan fingerprint density at radius 2 is 1.49 bits per heavy atom. The van der Waals surface area contributed by atoms with Gasteiger partial charge in [-0.05, 0) is 37.6 Å². The molecule has 4 aromatic rings. The molecule has 3 aromatic carbocycles. The third-order valence-corrected chi connectivity index (χ3v) is 6.68. The summed E-state index contributed by atoms with van der Waals surface area (Å²) in [5.41, 5.74) is 5.74. The van der Waals surface area contributed by atoms with Crippen molar-refractivity contribution >= 4 is 0 Å². The van der Waals surface area contributed by atoms with Crippen LogP contribution in [-0.4, -0.2) is 35.2 Å². The molecule has 0 spiro atoms. The van der Waals surface area contributed by atoms with E-state index < -0.39 is 0 Å². The van der Waals surface area contributed by atoms with Crippen molar-refractivity contribution in [2.75, 3.05) is 20.8 Å². The van der Waals surface area contributed by atoms with Crippen molar-refractivity contribution in [3.63, 3.8) is 0 Å². The van der Waals surface area contributed by atoms with Gasteiger partial charge in [0.1, 0.15) is 17.3 Å². The minimum absolute atomic E-state index is 0.770. The van der Waals surface area contributed by atoms with Crippen LogP contribution in [0.5, 0.6) is 11.5 Å². The minimum atomic E-state index is 0.770. The maximum atomic E-state index is 5.72. The number of unbranched alkanes of at least 4 members (excludes halogenated alkanes) is 1. The summed E-state index contributed by atoms with van der Waals surface area (Å²) in [6.07, 6.45) is 3.30. The summed E-state index contributed by atoms with van der Waals surface area (Å²) >= 11 is 0. The molecule has 0 saturated carbocycles. The predicted molar refractivity (Wildman–Crippen MR) is 152 cm³/mol. The number of aromatic nitrogens is 2. The molecule has 194 valence electrons. The zero-order valence-electron chi connectivity index (χ0n) is 22.6. The molecule has 0 amide bonds. The Morgan fingerprint density at radius 3 is 2.11 bits per heavy atom. The molecule has 0 aliphatic carbocycles. The monoisotopic (exact) mass is 497 g/mol. The van der Waals surface area contributed by atoms with Crippen LogP contribution in [0.25, 0.3) is 22.6 Å². The molecule has 0 saturated heterocycles. The topological polar surface area (TPSA) is 39.5 Å².